The Morgan fingerprint density at radius 1 is 1.20 bits per heavy atom. The van der Waals surface area contributed by atoms with Gasteiger partial charge in [-0.05, 0) is 61.8 Å². The lowest BCUT2D eigenvalue weighted by atomic mass is 9.90. The van der Waals surface area contributed by atoms with Crippen LogP contribution in [0.1, 0.15) is 58.4 Å². The Labute approximate surface area is 173 Å². The summed E-state index contributed by atoms with van der Waals surface area (Å²) in [5.74, 6) is -1.86. The van der Waals surface area contributed by atoms with E-state index in [2.05, 4.69) is 10.2 Å². The van der Waals surface area contributed by atoms with Crippen molar-refractivity contribution in [2.45, 2.75) is 44.9 Å². The summed E-state index contributed by atoms with van der Waals surface area (Å²) in [6.07, 6.45) is 5.24. The van der Waals surface area contributed by atoms with E-state index in [-0.39, 0.29) is 17.7 Å². The van der Waals surface area contributed by atoms with Crippen LogP contribution in [0.4, 0.5) is 4.39 Å². The van der Waals surface area contributed by atoms with E-state index in [9.17, 15) is 18.8 Å². The zero-order chi connectivity index (χ0) is 21.3. The molecular weight excluding hydrogens is 387 g/mol. The number of nitrogens with two attached hydrogens (primary N) is 1. The smallest absolute Gasteiger partial charge is 0.267 e. The standard InChI is InChI=1S/C22H25FN4O3/c23-18-8-7-13(11-19-15-5-1-2-6-16(15)21(29)26-25-19)10-17(18)22(30)27-9-3-4-14(12-27)20(24)28/h7-8,10,14H,1-6,9,11-12H2,(H2,24,28)(H,26,29). The van der Waals surface area contributed by atoms with Crippen LogP contribution >= 0.6 is 0 Å². The molecule has 2 heterocycles. The molecule has 0 spiro atoms. The minimum Gasteiger partial charge on any atom is -0.369 e. The first-order chi connectivity index (χ1) is 14.4. The molecule has 0 saturated carbocycles. The number of hydrogen-bond donors (Lipinski definition) is 2. The molecule has 1 aliphatic heterocycles. The molecule has 1 aromatic carbocycles. The predicted octanol–water partition coefficient (Wildman–Crippen LogP) is 1.72. The third-order valence-electron chi connectivity index (χ3n) is 6.13. The number of carbonyl (C=O) groups excluding carboxylic acids is 2. The average Bonchev–Trinajstić information content (AvgIpc) is 2.76. The fourth-order valence-corrected chi connectivity index (χ4v) is 4.48. The van der Waals surface area contributed by atoms with Gasteiger partial charge >= 0.3 is 0 Å². The van der Waals surface area contributed by atoms with Gasteiger partial charge in [0.25, 0.3) is 11.5 Å². The van der Waals surface area contributed by atoms with Gasteiger partial charge in [0, 0.05) is 25.1 Å². The van der Waals surface area contributed by atoms with E-state index in [1.54, 1.807) is 12.1 Å². The first-order valence-electron chi connectivity index (χ1n) is 10.4. The van der Waals surface area contributed by atoms with Gasteiger partial charge in [-0.15, -0.1) is 0 Å². The summed E-state index contributed by atoms with van der Waals surface area (Å²) in [5, 5.41) is 6.79. The number of hydrogen-bond acceptors (Lipinski definition) is 4. The number of fused-ring (bicyclic) bond motifs is 1. The Hall–Kier alpha value is -3.03. The van der Waals surface area contributed by atoms with Crippen LogP contribution < -0.4 is 11.3 Å². The first-order valence-corrected chi connectivity index (χ1v) is 10.4. The Morgan fingerprint density at radius 3 is 2.73 bits per heavy atom. The van der Waals surface area contributed by atoms with Crippen molar-refractivity contribution in [3.05, 3.63) is 62.3 Å². The lowest BCUT2D eigenvalue weighted by Crippen LogP contribution is -2.44. The molecule has 158 valence electrons. The topological polar surface area (TPSA) is 109 Å². The van der Waals surface area contributed by atoms with E-state index < -0.39 is 23.5 Å². The molecule has 1 aromatic heterocycles. The molecule has 8 heteroatoms. The molecule has 7 nitrogen and oxygen atoms in total. The van der Waals surface area contributed by atoms with Gasteiger partial charge in [0.2, 0.25) is 5.91 Å². The number of halogens is 1. The van der Waals surface area contributed by atoms with Crippen molar-refractivity contribution in [3.63, 3.8) is 0 Å². The first kappa shape index (κ1) is 20.3. The van der Waals surface area contributed by atoms with E-state index >= 15 is 0 Å². The molecule has 0 bridgehead atoms. The number of nitrogens with zero attached hydrogens (tertiary/aromatic N) is 2. The molecule has 1 atom stereocenters. The molecular formula is C22H25FN4O3. The number of aromatic amines is 1. The van der Waals surface area contributed by atoms with Gasteiger partial charge in [0.05, 0.1) is 17.2 Å². The van der Waals surface area contributed by atoms with E-state index in [0.717, 1.165) is 48.1 Å². The SMILES string of the molecule is NC(=O)C1CCCN(C(=O)c2cc(Cc3n[nH]c(=O)c4c3CCCC4)ccc2F)C1. The minimum atomic E-state index is -0.596. The monoisotopic (exact) mass is 412 g/mol. The second-order valence-electron chi connectivity index (χ2n) is 8.15. The van der Waals surface area contributed by atoms with Crippen LogP contribution in [-0.2, 0) is 24.1 Å². The van der Waals surface area contributed by atoms with E-state index in [4.69, 9.17) is 5.73 Å². The number of primary amides is 1. The van der Waals surface area contributed by atoms with Gasteiger partial charge in [0.15, 0.2) is 0 Å². The number of carbonyl (C=O) groups is 2. The summed E-state index contributed by atoms with van der Waals surface area (Å²) in [6, 6.07) is 4.47. The molecule has 2 aliphatic rings. The van der Waals surface area contributed by atoms with Gasteiger partial charge in [-0.25, -0.2) is 9.49 Å². The Bertz CT molecular complexity index is 1050. The highest BCUT2D eigenvalue weighted by Crippen LogP contribution is 2.24. The maximum absolute atomic E-state index is 14.5. The van der Waals surface area contributed by atoms with Crippen molar-refractivity contribution in [1.29, 1.82) is 0 Å². The molecule has 1 aliphatic carbocycles. The van der Waals surface area contributed by atoms with Crippen LogP contribution in [0.5, 0.6) is 0 Å². The number of piperidine rings is 1. The van der Waals surface area contributed by atoms with E-state index in [1.807, 2.05) is 0 Å². The Balaban J connectivity index is 1.59. The van der Waals surface area contributed by atoms with Crippen LogP contribution in [0.2, 0.25) is 0 Å². The summed E-state index contributed by atoms with van der Waals surface area (Å²) < 4.78 is 14.5. The van der Waals surface area contributed by atoms with Crippen LogP contribution in [-0.4, -0.2) is 40.0 Å². The number of H-pyrrole nitrogens is 1. The van der Waals surface area contributed by atoms with Gasteiger partial charge < -0.3 is 10.6 Å². The fourth-order valence-electron chi connectivity index (χ4n) is 4.48. The number of amides is 2. The van der Waals surface area contributed by atoms with E-state index in [1.165, 1.54) is 11.0 Å². The Morgan fingerprint density at radius 2 is 1.97 bits per heavy atom. The van der Waals surface area contributed by atoms with Crippen molar-refractivity contribution < 1.29 is 14.0 Å². The number of benzene rings is 1. The van der Waals surface area contributed by atoms with Crippen LogP contribution in [0.15, 0.2) is 23.0 Å². The third-order valence-corrected chi connectivity index (χ3v) is 6.13. The van der Waals surface area contributed by atoms with Crippen molar-refractivity contribution in [3.8, 4) is 0 Å². The zero-order valence-corrected chi connectivity index (χ0v) is 16.7. The van der Waals surface area contributed by atoms with Gasteiger partial charge in [-0.3, -0.25) is 14.4 Å². The molecule has 3 N–H and O–H groups in total. The summed E-state index contributed by atoms with van der Waals surface area (Å²) in [7, 11) is 0. The highest BCUT2D eigenvalue weighted by molar-refractivity contribution is 5.95. The van der Waals surface area contributed by atoms with Gasteiger partial charge in [-0.1, -0.05) is 6.07 Å². The normalized spacial score (nSPS) is 18.7. The molecule has 1 saturated heterocycles. The molecule has 0 radical (unpaired) electrons. The van der Waals surface area contributed by atoms with Crippen molar-refractivity contribution >= 4 is 11.8 Å². The minimum absolute atomic E-state index is 0.0177. The Kier molecular flexibility index (Phi) is 5.65. The molecule has 1 unspecified atom stereocenters. The highest BCUT2D eigenvalue weighted by Gasteiger charge is 2.29. The number of aromatic nitrogens is 2. The van der Waals surface area contributed by atoms with Crippen LogP contribution in [0.3, 0.4) is 0 Å². The summed E-state index contributed by atoms with van der Waals surface area (Å²) in [5.41, 5.74) is 8.51. The molecule has 2 amide bonds. The fraction of sp³-hybridized carbons (Fsp3) is 0.455. The molecule has 2 aromatic rings. The van der Waals surface area contributed by atoms with Crippen molar-refractivity contribution in [2.24, 2.45) is 11.7 Å². The number of rotatable bonds is 4. The second-order valence-corrected chi connectivity index (χ2v) is 8.15. The number of likely N-dealkylation sites (tertiary alicyclic amines) is 1. The van der Waals surface area contributed by atoms with Gasteiger partial charge in [-0.2, -0.15) is 5.10 Å². The summed E-state index contributed by atoms with van der Waals surface area (Å²) in [4.78, 5) is 38.0. The predicted molar refractivity (Wildman–Crippen MR) is 109 cm³/mol. The molecule has 4 rings (SSSR count). The third kappa shape index (κ3) is 3.99. The van der Waals surface area contributed by atoms with Crippen molar-refractivity contribution in [1.82, 2.24) is 15.1 Å². The second kappa shape index (κ2) is 8.38. The van der Waals surface area contributed by atoms with Crippen LogP contribution in [0.25, 0.3) is 0 Å². The average molecular weight is 412 g/mol. The lowest BCUT2D eigenvalue weighted by Gasteiger charge is -2.31. The van der Waals surface area contributed by atoms with Crippen LogP contribution in [0, 0.1) is 11.7 Å². The quantitative estimate of drug-likeness (QED) is 0.797. The lowest BCUT2D eigenvalue weighted by molar-refractivity contribution is -0.123. The maximum Gasteiger partial charge on any atom is 0.267 e. The van der Waals surface area contributed by atoms with E-state index in [0.29, 0.717) is 25.8 Å². The molecule has 1 fully saturated rings. The largest absolute Gasteiger partial charge is 0.369 e. The highest BCUT2D eigenvalue weighted by atomic mass is 19.1. The summed E-state index contributed by atoms with van der Waals surface area (Å²) in [6.45, 7) is 0.689. The van der Waals surface area contributed by atoms with Crippen molar-refractivity contribution in [2.75, 3.05) is 13.1 Å². The summed E-state index contributed by atoms with van der Waals surface area (Å²) >= 11 is 0. The zero-order valence-electron chi connectivity index (χ0n) is 16.7. The maximum atomic E-state index is 14.5. The number of nitrogens with one attached hydrogen (secondary N) is 1. The molecule has 30 heavy (non-hydrogen) atoms. The van der Waals surface area contributed by atoms with Gasteiger partial charge in [0.1, 0.15) is 5.82 Å².